The Morgan fingerprint density at radius 1 is 1.59 bits per heavy atom. The molecule has 0 saturated carbocycles. The summed E-state index contributed by atoms with van der Waals surface area (Å²) in [6, 6.07) is 6.64. The van der Waals surface area contributed by atoms with Crippen LogP contribution in [0.15, 0.2) is 24.3 Å². The van der Waals surface area contributed by atoms with Gasteiger partial charge in [-0.25, -0.2) is 0 Å². The number of carbonyl (C=O) groups is 1. The number of benzene rings is 1. The summed E-state index contributed by atoms with van der Waals surface area (Å²) in [7, 11) is 1.59. The molecule has 5 heteroatoms. The van der Waals surface area contributed by atoms with Crippen LogP contribution in [0.2, 0.25) is 0 Å². The minimum Gasteiger partial charge on any atom is -0.508 e. The van der Waals surface area contributed by atoms with Crippen LogP contribution in [0.1, 0.15) is 5.56 Å². The molecule has 0 bridgehead atoms. The molecule has 17 heavy (non-hydrogen) atoms. The van der Waals surface area contributed by atoms with Gasteiger partial charge in [0.2, 0.25) is 5.91 Å². The minimum absolute atomic E-state index is 0.0372. The third-order valence-electron chi connectivity index (χ3n) is 2.19. The molecule has 1 aromatic rings. The molecule has 0 radical (unpaired) electrons. The van der Waals surface area contributed by atoms with Gasteiger partial charge in [-0.05, 0) is 17.7 Å². The van der Waals surface area contributed by atoms with E-state index in [-0.39, 0.29) is 24.1 Å². The lowest BCUT2D eigenvalue weighted by atomic mass is 10.1. The highest BCUT2D eigenvalue weighted by atomic mass is 79.9. The molecule has 0 spiro atoms. The van der Waals surface area contributed by atoms with E-state index in [9.17, 15) is 9.90 Å². The lowest BCUT2D eigenvalue weighted by Crippen LogP contribution is -2.40. The number of nitrogens with one attached hydrogen (secondary N) is 1. The molecule has 94 valence electrons. The highest BCUT2D eigenvalue weighted by Crippen LogP contribution is 2.11. The summed E-state index contributed by atoms with van der Waals surface area (Å²) in [6.45, 7) is 0.469. The van der Waals surface area contributed by atoms with Crippen molar-refractivity contribution in [2.24, 2.45) is 0 Å². The van der Waals surface area contributed by atoms with Crippen LogP contribution in [0.5, 0.6) is 5.75 Å². The number of aromatic hydroxyl groups is 1. The molecule has 1 unspecified atom stereocenters. The van der Waals surface area contributed by atoms with Crippen molar-refractivity contribution in [3.05, 3.63) is 29.8 Å². The van der Waals surface area contributed by atoms with Gasteiger partial charge >= 0.3 is 0 Å². The Bertz CT molecular complexity index is 371. The number of amides is 1. The van der Waals surface area contributed by atoms with Gasteiger partial charge in [0.1, 0.15) is 5.75 Å². The summed E-state index contributed by atoms with van der Waals surface area (Å²) in [5.41, 5.74) is 0.785. The molecule has 1 amide bonds. The van der Waals surface area contributed by atoms with Gasteiger partial charge in [0.05, 0.1) is 19.1 Å². The van der Waals surface area contributed by atoms with Crippen molar-refractivity contribution < 1.29 is 14.6 Å². The summed E-state index contributed by atoms with van der Waals surface area (Å²) < 4.78 is 4.98. The Kier molecular flexibility index (Phi) is 6.00. The van der Waals surface area contributed by atoms with Crippen molar-refractivity contribution in [2.45, 2.75) is 12.5 Å². The number of halogens is 1. The summed E-state index contributed by atoms with van der Waals surface area (Å²) in [5.74, 6) is 0.0846. The number of alkyl halides is 1. The van der Waals surface area contributed by atoms with Crippen LogP contribution in [0.4, 0.5) is 0 Å². The molecule has 1 atom stereocenters. The Morgan fingerprint density at radius 3 is 2.94 bits per heavy atom. The van der Waals surface area contributed by atoms with E-state index in [0.29, 0.717) is 11.9 Å². The molecule has 0 saturated heterocycles. The average molecular weight is 302 g/mol. The van der Waals surface area contributed by atoms with Gasteiger partial charge in [0, 0.05) is 12.4 Å². The molecule has 0 aliphatic rings. The minimum atomic E-state index is -0.0860. The molecule has 0 aliphatic carbocycles. The topological polar surface area (TPSA) is 58.6 Å². The quantitative estimate of drug-likeness (QED) is 0.782. The number of phenolic OH excluding ortho intramolecular Hbond substituents is 1. The van der Waals surface area contributed by atoms with E-state index in [2.05, 4.69) is 21.2 Å². The number of carbonyl (C=O) groups excluding carboxylic acids is 1. The Labute approximate surface area is 109 Å². The molecule has 0 fully saturated rings. The first-order chi connectivity index (χ1) is 8.15. The second-order valence-electron chi connectivity index (χ2n) is 3.72. The first kappa shape index (κ1) is 14.0. The van der Waals surface area contributed by atoms with Gasteiger partial charge in [-0.1, -0.05) is 28.1 Å². The van der Waals surface area contributed by atoms with Gasteiger partial charge < -0.3 is 15.2 Å². The van der Waals surface area contributed by atoms with E-state index >= 15 is 0 Å². The maximum Gasteiger partial charge on any atom is 0.224 e. The molecular formula is C12H16BrNO3. The third-order valence-corrected chi connectivity index (χ3v) is 2.98. The molecule has 0 aliphatic heterocycles. The second-order valence-corrected chi connectivity index (χ2v) is 4.37. The zero-order valence-corrected chi connectivity index (χ0v) is 11.2. The van der Waals surface area contributed by atoms with Gasteiger partial charge in [-0.2, -0.15) is 0 Å². The number of rotatable bonds is 6. The van der Waals surface area contributed by atoms with Crippen LogP contribution in [0.25, 0.3) is 0 Å². The first-order valence-electron chi connectivity index (χ1n) is 5.28. The molecule has 2 N–H and O–H groups in total. The molecule has 0 heterocycles. The SMILES string of the molecule is COCC(CBr)NC(=O)Cc1cccc(O)c1. The number of hydrogen-bond donors (Lipinski definition) is 2. The number of hydrogen-bond acceptors (Lipinski definition) is 3. The summed E-state index contributed by atoms with van der Waals surface area (Å²) in [6.07, 6.45) is 0.252. The van der Waals surface area contributed by atoms with Crippen molar-refractivity contribution in [2.75, 3.05) is 19.0 Å². The van der Waals surface area contributed by atoms with Crippen LogP contribution in [-0.4, -0.2) is 36.1 Å². The van der Waals surface area contributed by atoms with E-state index in [4.69, 9.17) is 4.74 Å². The van der Waals surface area contributed by atoms with Gasteiger partial charge in [-0.3, -0.25) is 4.79 Å². The van der Waals surface area contributed by atoms with Crippen LogP contribution in [-0.2, 0) is 16.0 Å². The lowest BCUT2D eigenvalue weighted by Gasteiger charge is -2.15. The Balaban J connectivity index is 2.49. The first-order valence-corrected chi connectivity index (χ1v) is 6.40. The highest BCUT2D eigenvalue weighted by Gasteiger charge is 2.11. The molecule has 0 aromatic heterocycles. The molecular weight excluding hydrogens is 286 g/mol. The standard InChI is InChI=1S/C12H16BrNO3/c1-17-8-10(7-13)14-12(16)6-9-3-2-4-11(15)5-9/h2-5,10,15H,6-8H2,1H3,(H,14,16). The van der Waals surface area contributed by atoms with Crippen molar-refractivity contribution in [3.63, 3.8) is 0 Å². The summed E-state index contributed by atoms with van der Waals surface area (Å²) in [5, 5.41) is 12.8. The predicted octanol–water partition coefficient (Wildman–Crippen LogP) is 1.46. The summed E-state index contributed by atoms with van der Waals surface area (Å²) >= 11 is 3.31. The van der Waals surface area contributed by atoms with E-state index in [1.54, 1.807) is 31.4 Å². The maximum atomic E-state index is 11.7. The van der Waals surface area contributed by atoms with Crippen LogP contribution in [0.3, 0.4) is 0 Å². The van der Waals surface area contributed by atoms with E-state index in [0.717, 1.165) is 5.56 Å². The second kappa shape index (κ2) is 7.29. The predicted molar refractivity (Wildman–Crippen MR) is 69.4 cm³/mol. The monoisotopic (exact) mass is 301 g/mol. The fourth-order valence-corrected chi connectivity index (χ4v) is 1.81. The van der Waals surface area contributed by atoms with Gasteiger partial charge in [0.15, 0.2) is 0 Å². The summed E-state index contributed by atoms with van der Waals surface area (Å²) in [4.78, 5) is 11.7. The van der Waals surface area contributed by atoms with Crippen molar-refractivity contribution >= 4 is 21.8 Å². The van der Waals surface area contributed by atoms with E-state index < -0.39 is 0 Å². The van der Waals surface area contributed by atoms with Gasteiger partial charge in [0.25, 0.3) is 0 Å². The zero-order valence-electron chi connectivity index (χ0n) is 9.65. The maximum absolute atomic E-state index is 11.7. The van der Waals surface area contributed by atoms with Crippen molar-refractivity contribution in [3.8, 4) is 5.75 Å². The highest BCUT2D eigenvalue weighted by molar-refractivity contribution is 9.09. The number of phenols is 1. The Hall–Kier alpha value is -1.07. The lowest BCUT2D eigenvalue weighted by molar-refractivity contribution is -0.121. The molecule has 4 nitrogen and oxygen atoms in total. The van der Waals surface area contributed by atoms with Crippen molar-refractivity contribution in [1.82, 2.24) is 5.32 Å². The van der Waals surface area contributed by atoms with Crippen LogP contribution in [0, 0.1) is 0 Å². The number of ether oxygens (including phenoxy) is 1. The smallest absolute Gasteiger partial charge is 0.224 e. The molecule has 1 rings (SSSR count). The number of methoxy groups -OCH3 is 1. The fraction of sp³-hybridized carbons (Fsp3) is 0.417. The van der Waals surface area contributed by atoms with E-state index in [1.807, 2.05) is 0 Å². The Morgan fingerprint density at radius 2 is 2.35 bits per heavy atom. The van der Waals surface area contributed by atoms with Crippen LogP contribution >= 0.6 is 15.9 Å². The average Bonchev–Trinajstić information content (AvgIpc) is 2.28. The molecule has 1 aromatic carbocycles. The van der Waals surface area contributed by atoms with E-state index in [1.165, 1.54) is 0 Å². The largest absolute Gasteiger partial charge is 0.508 e. The zero-order chi connectivity index (χ0) is 12.7. The normalized spacial score (nSPS) is 12.1. The van der Waals surface area contributed by atoms with Gasteiger partial charge in [-0.15, -0.1) is 0 Å². The fourth-order valence-electron chi connectivity index (χ4n) is 1.46. The van der Waals surface area contributed by atoms with Crippen molar-refractivity contribution in [1.29, 1.82) is 0 Å². The third kappa shape index (κ3) is 5.19. The van der Waals surface area contributed by atoms with Crippen LogP contribution < -0.4 is 5.32 Å².